The molecule has 0 saturated carbocycles. The third kappa shape index (κ3) is 5.74. The molecule has 0 aliphatic carbocycles. The number of nitrogens with zero attached hydrogens (tertiary/aromatic N) is 2. The normalized spacial score (nSPS) is 10.7. The molecule has 0 aliphatic rings. The molecule has 1 aromatic heterocycles. The second-order valence-corrected chi connectivity index (χ2v) is 8.28. The predicted octanol–water partition coefficient (Wildman–Crippen LogP) is 3.11. The molecular formula is C20H21N5O5S2. The summed E-state index contributed by atoms with van der Waals surface area (Å²) in [5.41, 5.74) is 1.30. The second-order valence-electron chi connectivity index (χ2n) is 6.19. The Morgan fingerprint density at radius 2 is 1.62 bits per heavy atom. The summed E-state index contributed by atoms with van der Waals surface area (Å²) in [4.78, 5) is 7.93. The summed E-state index contributed by atoms with van der Waals surface area (Å²) in [7, 11) is 0.426. The van der Waals surface area contributed by atoms with Gasteiger partial charge in [0, 0.05) is 11.8 Å². The fourth-order valence-electron chi connectivity index (χ4n) is 2.60. The molecule has 0 bridgehead atoms. The van der Waals surface area contributed by atoms with Crippen molar-refractivity contribution < 1.29 is 22.6 Å². The largest absolute Gasteiger partial charge is 0.495 e. The molecule has 32 heavy (non-hydrogen) atoms. The number of rotatable bonds is 8. The number of sulfonamides is 1. The molecule has 0 unspecified atom stereocenters. The zero-order valence-corrected chi connectivity index (χ0v) is 19.1. The summed E-state index contributed by atoms with van der Waals surface area (Å²) in [6.45, 7) is 0. The highest BCUT2D eigenvalue weighted by Gasteiger charge is 2.17. The molecule has 0 saturated heterocycles. The van der Waals surface area contributed by atoms with Crippen LogP contribution in [-0.2, 0) is 10.0 Å². The molecule has 0 atom stereocenters. The number of ether oxygens (including phenoxy) is 3. The maximum atomic E-state index is 12.7. The first-order chi connectivity index (χ1) is 15.3. The van der Waals surface area contributed by atoms with Crippen LogP contribution in [0.25, 0.3) is 0 Å². The Morgan fingerprint density at radius 3 is 2.28 bits per heavy atom. The van der Waals surface area contributed by atoms with Crippen LogP contribution in [0.3, 0.4) is 0 Å². The van der Waals surface area contributed by atoms with Gasteiger partial charge in [0.2, 0.25) is 5.88 Å². The predicted molar refractivity (Wildman–Crippen MR) is 125 cm³/mol. The summed E-state index contributed by atoms with van der Waals surface area (Å²) >= 11 is 5.32. The van der Waals surface area contributed by atoms with Crippen molar-refractivity contribution in [1.82, 2.24) is 9.97 Å². The highest BCUT2D eigenvalue weighted by molar-refractivity contribution is 7.92. The lowest BCUT2D eigenvalue weighted by atomic mass is 10.3. The van der Waals surface area contributed by atoms with Gasteiger partial charge < -0.3 is 24.8 Å². The number of thiocarbonyl (C=S) groups is 1. The molecule has 2 aromatic carbocycles. The fraction of sp³-hybridized carbons (Fsp3) is 0.150. The van der Waals surface area contributed by atoms with Gasteiger partial charge in [-0.2, -0.15) is 9.97 Å². The van der Waals surface area contributed by atoms with E-state index in [4.69, 9.17) is 26.4 Å². The van der Waals surface area contributed by atoms with Crippen LogP contribution in [0, 0.1) is 0 Å². The first-order valence-electron chi connectivity index (χ1n) is 9.15. The highest BCUT2D eigenvalue weighted by atomic mass is 32.2. The van der Waals surface area contributed by atoms with Gasteiger partial charge in [-0.25, -0.2) is 8.42 Å². The summed E-state index contributed by atoms with van der Waals surface area (Å²) in [5, 5.41) is 6.35. The van der Waals surface area contributed by atoms with Crippen LogP contribution >= 0.6 is 12.2 Å². The van der Waals surface area contributed by atoms with E-state index in [9.17, 15) is 8.42 Å². The summed E-state index contributed by atoms with van der Waals surface area (Å²) < 4.78 is 43.1. The molecule has 1 heterocycles. The second kappa shape index (κ2) is 10.1. The molecule has 3 aromatic rings. The minimum atomic E-state index is -3.91. The lowest BCUT2D eigenvalue weighted by Crippen LogP contribution is -2.19. The third-order valence-electron chi connectivity index (χ3n) is 4.09. The van der Waals surface area contributed by atoms with Crippen molar-refractivity contribution in [1.29, 1.82) is 0 Å². The first kappa shape index (κ1) is 23.0. The molecule has 0 spiro atoms. The van der Waals surface area contributed by atoms with Gasteiger partial charge >= 0.3 is 6.01 Å². The van der Waals surface area contributed by atoms with Crippen LogP contribution in [0.15, 0.2) is 59.5 Å². The van der Waals surface area contributed by atoms with Crippen molar-refractivity contribution in [3.8, 4) is 17.6 Å². The molecule has 12 heteroatoms. The number of para-hydroxylation sites is 2. The Hall–Kier alpha value is -3.64. The van der Waals surface area contributed by atoms with Crippen LogP contribution in [0.5, 0.6) is 17.6 Å². The minimum absolute atomic E-state index is 0.0121. The van der Waals surface area contributed by atoms with Gasteiger partial charge in [-0.15, -0.1) is 0 Å². The maximum absolute atomic E-state index is 12.7. The van der Waals surface area contributed by atoms with Gasteiger partial charge in [-0.05, 0) is 48.6 Å². The van der Waals surface area contributed by atoms with E-state index < -0.39 is 10.0 Å². The average molecular weight is 476 g/mol. The van der Waals surface area contributed by atoms with E-state index in [1.165, 1.54) is 32.4 Å². The SMILES string of the molecule is COc1cc(NS(=O)(=O)c2ccc(NC(=S)Nc3ccccc3OC)cc2)nc(OC)n1. The standard InChI is InChI=1S/C20H21N5O5S2/c1-28-16-7-5-4-6-15(16)22-20(31)21-13-8-10-14(11-9-13)32(26,27)25-17-12-18(29-2)24-19(23-17)30-3/h4-12H,1-3H3,(H2,21,22,31)(H,23,24,25). The molecule has 10 nitrogen and oxygen atoms in total. The monoisotopic (exact) mass is 475 g/mol. The lowest BCUT2D eigenvalue weighted by molar-refractivity contribution is 0.353. The smallest absolute Gasteiger partial charge is 0.321 e. The van der Waals surface area contributed by atoms with Crippen molar-refractivity contribution in [3.05, 3.63) is 54.6 Å². The van der Waals surface area contributed by atoms with Crippen molar-refractivity contribution in [3.63, 3.8) is 0 Å². The van der Waals surface area contributed by atoms with E-state index >= 15 is 0 Å². The van der Waals surface area contributed by atoms with Crippen LogP contribution < -0.4 is 29.6 Å². The lowest BCUT2D eigenvalue weighted by Gasteiger charge is -2.14. The molecule has 168 valence electrons. The molecule has 0 radical (unpaired) electrons. The van der Waals surface area contributed by atoms with Crippen LogP contribution in [-0.4, -0.2) is 44.8 Å². The number of benzene rings is 2. The Balaban J connectivity index is 1.70. The van der Waals surface area contributed by atoms with Crippen LogP contribution in [0.2, 0.25) is 0 Å². The number of methoxy groups -OCH3 is 3. The van der Waals surface area contributed by atoms with E-state index in [-0.39, 0.29) is 22.6 Å². The van der Waals surface area contributed by atoms with Crippen LogP contribution in [0.4, 0.5) is 17.2 Å². The summed E-state index contributed by atoms with van der Waals surface area (Å²) in [5.74, 6) is 0.811. The van der Waals surface area contributed by atoms with Gasteiger partial charge in [0.1, 0.15) is 5.75 Å². The highest BCUT2D eigenvalue weighted by Crippen LogP contribution is 2.24. The van der Waals surface area contributed by atoms with E-state index in [0.717, 1.165) is 0 Å². The van der Waals surface area contributed by atoms with Gasteiger partial charge in [0.25, 0.3) is 10.0 Å². The number of hydrogen-bond acceptors (Lipinski definition) is 8. The number of aromatic nitrogens is 2. The molecule has 3 rings (SSSR count). The molecular weight excluding hydrogens is 454 g/mol. The number of nitrogens with one attached hydrogen (secondary N) is 3. The van der Waals surface area contributed by atoms with E-state index in [0.29, 0.717) is 22.2 Å². The van der Waals surface area contributed by atoms with Crippen molar-refractivity contribution in [2.45, 2.75) is 4.90 Å². The van der Waals surface area contributed by atoms with Crippen LogP contribution in [0.1, 0.15) is 0 Å². The van der Waals surface area contributed by atoms with Gasteiger partial charge in [-0.3, -0.25) is 4.72 Å². The maximum Gasteiger partial charge on any atom is 0.321 e. The topological polar surface area (TPSA) is 124 Å². The average Bonchev–Trinajstić information content (AvgIpc) is 2.79. The van der Waals surface area contributed by atoms with E-state index in [2.05, 4.69) is 25.3 Å². The zero-order chi connectivity index (χ0) is 23.1. The summed E-state index contributed by atoms with van der Waals surface area (Å²) in [6.07, 6.45) is 0. The molecule has 0 aliphatic heterocycles. The minimum Gasteiger partial charge on any atom is -0.495 e. The zero-order valence-electron chi connectivity index (χ0n) is 17.4. The van der Waals surface area contributed by atoms with Crippen molar-refractivity contribution in [2.24, 2.45) is 0 Å². The molecule has 3 N–H and O–H groups in total. The Kier molecular flexibility index (Phi) is 7.28. The number of anilines is 3. The molecule has 0 amide bonds. The van der Waals surface area contributed by atoms with Gasteiger partial charge in [0.05, 0.1) is 31.9 Å². The molecule has 0 fully saturated rings. The van der Waals surface area contributed by atoms with E-state index in [1.807, 2.05) is 18.2 Å². The summed E-state index contributed by atoms with van der Waals surface area (Å²) in [6, 6.07) is 14.7. The van der Waals surface area contributed by atoms with E-state index in [1.54, 1.807) is 25.3 Å². The van der Waals surface area contributed by atoms with Crippen molar-refractivity contribution in [2.75, 3.05) is 36.7 Å². The first-order valence-corrected chi connectivity index (χ1v) is 11.0. The third-order valence-corrected chi connectivity index (χ3v) is 5.67. The Bertz CT molecular complexity index is 1180. The van der Waals surface area contributed by atoms with Gasteiger partial charge in [-0.1, -0.05) is 12.1 Å². The Labute approximate surface area is 191 Å². The number of hydrogen-bond donors (Lipinski definition) is 3. The van der Waals surface area contributed by atoms with Gasteiger partial charge in [0.15, 0.2) is 10.9 Å². The van der Waals surface area contributed by atoms with Crippen molar-refractivity contribution >= 4 is 44.5 Å². The fourth-order valence-corrected chi connectivity index (χ4v) is 3.82. The quantitative estimate of drug-likeness (QED) is 0.419. The Morgan fingerprint density at radius 1 is 0.906 bits per heavy atom.